The standard InChI is InChI=1S/C25H27N3O3S/c1-31-25(14-15-25)24(27-23(30)18-8-3-2-4-9-18)16-28(17-24)22(29)13-7-12-21-26-19-10-5-6-11-20(19)32-21/h2-6,8-11H,7,12-17H2,1H3,(H,27,30). The number of methoxy groups -OCH3 is 1. The second-order valence-electron chi connectivity index (χ2n) is 8.78. The third kappa shape index (κ3) is 3.80. The molecule has 1 aromatic heterocycles. The summed E-state index contributed by atoms with van der Waals surface area (Å²) in [4.78, 5) is 32.2. The lowest BCUT2D eigenvalue weighted by Crippen LogP contribution is -2.77. The Morgan fingerprint density at radius 2 is 1.81 bits per heavy atom. The minimum Gasteiger partial charge on any atom is -0.376 e. The van der Waals surface area contributed by atoms with Crippen molar-refractivity contribution in [2.45, 2.75) is 43.2 Å². The maximum absolute atomic E-state index is 12.8. The average Bonchev–Trinajstić information content (AvgIpc) is 3.48. The molecule has 2 aromatic carbocycles. The first-order chi connectivity index (χ1) is 15.5. The molecule has 6 nitrogen and oxygen atoms in total. The first-order valence-electron chi connectivity index (χ1n) is 11.1. The van der Waals surface area contributed by atoms with Crippen LogP contribution in [0.25, 0.3) is 10.2 Å². The smallest absolute Gasteiger partial charge is 0.251 e. The number of hydrogen-bond acceptors (Lipinski definition) is 5. The van der Waals surface area contributed by atoms with E-state index in [-0.39, 0.29) is 17.4 Å². The molecule has 7 heteroatoms. The number of rotatable bonds is 8. The van der Waals surface area contributed by atoms with Crippen LogP contribution in [0.4, 0.5) is 0 Å². The van der Waals surface area contributed by atoms with Crippen molar-refractivity contribution < 1.29 is 14.3 Å². The molecule has 32 heavy (non-hydrogen) atoms. The van der Waals surface area contributed by atoms with E-state index in [1.54, 1.807) is 30.6 Å². The van der Waals surface area contributed by atoms with E-state index in [9.17, 15) is 9.59 Å². The number of para-hydroxylation sites is 1. The van der Waals surface area contributed by atoms with Crippen molar-refractivity contribution in [3.63, 3.8) is 0 Å². The lowest BCUT2D eigenvalue weighted by Gasteiger charge is -2.54. The maximum Gasteiger partial charge on any atom is 0.251 e. The number of carbonyl (C=O) groups excluding carboxylic acids is 2. The summed E-state index contributed by atoms with van der Waals surface area (Å²) < 4.78 is 7.01. The summed E-state index contributed by atoms with van der Waals surface area (Å²) in [6.07, 6.45) is 3.86. The fourth-order valence-electron chi connectivity index (χ4n) is 4.71. The Kier molecular flexibility index (Phi) is 5.47. The van der Waals surface area contributed by atoms with Crippen LogP contribution in [0, 0.1) is 0 Å². The molecule has 166 valence electrons. The second-order valence-corrected chi connectivity index (χ2v) is 9.89. The molecule has 1 saturated carbocycles. The van der Waals surface area contributed by atoms with E-state index in [0.717, 1.165) is 36.2 Å². The molecular weight excluding hydrogens is 422 g/mol. The summed E-state index contributed by atoms with van der Waals surface area (Å²) in [5, 5.41) is 4.29. The largest absolute Gasteiger partial charge is 0.376 e. The number of likely N-dealkylation sites (tertiary alicyclic amines) is 1. The highest BCUT2D eigenvalue weighted by Crippen LogP contribution is 2.51. The number of amides is 2. The number of fused-ring (bicyclic) bond motifs is 1. The van der Waals surface area contributed by atoms with Gasteiger partial charge in [-0.1, -0.05) is 30.3 Å². The molecular formula is C25H27N3O3S. The van der Waals surface area contributed by atoms with Gasteiger partial charge in [-0.15, -0.1) is 11.3 Å². The molecule has 2 fully saturated rings. The van der Waals surface area contributed by atoms with Crippen LogP contribution in [0.15, 0.2) is 54.6 Å². The van der Waals surface area contributed by atoms with Crippen LogP contribution in [0.5, 0.6) is 0 Å². The van der Waals surface area contributed by atoms with Crippen molar-refractivity contribution >= 4 is 33.4 Å². The van der Waals surface area contributed by atoms with E-state index in [1.165, 1.54) is 4.70 Å². The lowest BCUT2D eigenvalue weighted by atomic mass is 9.80. The minimum atomic E-state index is -0.517. The van der Waals surface area contributed by atoms with Gasteiger partial charge in [-0.05, 0) is 49.9 Å². The first-order valence-corrected chi connectivity index (χ1v) is 11.9. The van der Waals surface area contributed by atoms with Gasteiger partial charge in [0.25, 0.3) is 5.91 Å². The highest BCUT2D eigenvalue weighted by atomic mass is 32.1. The van der Waals surface area contributed by atoms with Crippen molar-refractivity contribution in [1.29, 1.82) is 0 Å². The summed E-state index contributed by atoms with van der Waals surface area (Å²) in [5.74, 6) is 0.0134. The highest BCUT2D eigenvalue weighted by molar-refractivity contribution is 7.18. The molecule has 1 N–H and O–H groups in total. The van der Waals surface area contributed by atoms with Crippen LogP contribution in [-0.2, 0) is 16.0 Å². The molecule has 5 rings (SSSR count). The molecule has 0 spiro atoms. The van der Waals surface area contributed by atoms with Gasteiger partial charge in [0, 0.05) is 32.2 Å². The molecule has 2 amide bonds. The lowest BCUT2D eigenvalue weighted by molar-refractivity contribution is -0.148. The Balaban J connectivity index is 1.18. The fraction of sp³-hybridized carbons (Fsp3) is 0.400. The predicted octanol–water partition coefficient (Wildman–Crippen LogP) is 3.81. The number of aryl methyl sites for hydroxylation is 1. The van der Waals surface area contributed by atoms with E-state index in [4.69, 9.17) is 4.74 Å². The molecule has 0 atom stereocenters. The zero-order valence-corrected chi connectivity index (χ0v) is 19.0. The number of aromatic nitrogens is 1. The predicted molar refractivity (Wildman–Crippen MR) is 125 cm³/mol. The van der Waals surface area contributed by atoms with Gasteiger partial charge in [0.15, 0.2) is 0 Å². The third-order valence-electron chi connectivity index (χ3n) is 6.75. The maximum atomic E-state index is 12.8. The Labute approximate surface area is 191 Å². The summed E-state index contributed by atoms with van der Waals surface area (Å²) in [6, 6.07) is 17.3. The monoisotopic (exact) mass is 449 g/mol. The molecule has 0 bridgehead atoms. The zero-order valence-electron chi connectivity index (χ0n) is 18.2. The Morgan fingerprint density at radius 1 is 1.09 bits per heavy atom. The van der Waals surface area contributed by atoms with Crippen LogP contribution >= 0.6 is 11.3 Å². The van der Waals surface area contributed by atoms with Crippen LogP contribution in [0.1, 0.15) is 41.0 Å². The quantitative estimate of drug-likeness (QED) is 0.568. The number of benzene rings is 2. The van der Waals surface area contributed by atoms with Gasteiger partial charge in [0.2, 0.25) is 5.91 Å². The molecule has 1 saturated heterocycles. The Morgan fingerprint density at radius 3 is 2.50 bits per heavy atom. The number of hydrogen-bond donors (Lipinski definition) is 1. The Hall–Kier alpha value is -2.77. The van der Waals surface area contributed by atoms with Gasteiger partial charge in [0.05, 0.1) is 20.8 Å². The van der Waals surface area contributed by atoms with E-state index in [0.29, 0.717) is 25.1 Å². The fourth-order valence-corrected chi connectivity index (χ4v) is 5.72. The number of nitrogens with zero attached hydrogens (tertiary/aromatic N) is 2. The summed E-state index contributed by atoms with van der Waals surface area (Å²) in [7, 11) is 1.70. The summed E-state index contributed by atoms with van der Waals surface area (Å²) >= 11 is 1.70. The Bertz CT molecular complexity index is 1100. The minimum absolute atomic E-state index is 0.114. The van der Waals surface area contributed by atoms with Gasteiger partial charge in [-0.2, -0.15) is 0 Å². The van der Waals surface area contributed by atoms with E-state index < -0.39 is 5.54 Å². The topological polar surface area (TPSA) is 71.5 Å². The van der Waals surface area contributed by atoms with Gasteiger partial charge in [-0.25, -0.2) is 4.98 Å². The molecule has 0 radical (unpaired) electrons. The van der Waals surface area contributed by atoms with Gasteiger partial charge < -0.3 is 15.0 Å². The SMILES string of the molecule is COC1(C2(NC(=O)c3ccccc3)CN(C(=O)CCCc3nc4ccccc4s3)C2)CC1. The first kappa shape index (κ1) is 21.1. The van der Waals surface area contributed by atoms with Gasteiger partial charge >= 0.3 is 0 Å². The van der Waals surface area contributed by atoms with Gasteiger partial charge in [0.1, 0.15) is 5.54 Å². The van der Waals surface area contributed by atoms with Gasteiger partial charge in [-0.3, -0.25) is 9.59 Å². The van der Waals surface area contributed by atoms with Crippen LogP contribution < -0.4 is 5.32 Å². The van der Waals surface area contributed by atoms with Crippen molar-refractivity contribution in [2.24, 2.45) is 0 Å². The van der Waals surface area contributed by atoms with Crippen molar-refractivity contribution in [1.82, 2.24) is 15.2 Å². The van der Waals surface area contributed by atoms with Crippen molar-refractivity contribution in [3.8, 4) is 0 Å². The molecule has 2 aliphatic rings. The molecule has 1 aliphatic heterocycles. The van der Waals surface area contributed by atoms with Crippen molar-refractivity contribution in [3.05, 3.63) is 65.2 Å². The molecule has 3 aromatic rings. The number of thiazole rings is 1. The highest BCUT2D eigenvalue weighted by Gasteiger charge is 2.66. The number of nitrogens with one attached hydrogen (secondary N) is 1. The second kappa shape index (κ2) is 8.30. The van der Waals surface area contributed by atoms with Crippen LogP contribution in [0.3, 0.4) is 0 Å². The zero-order chi connectivity index (χ0) is 22.2. The summed E-state index contributed by atoms with van der Waals surface area (Å²) in [5.41, 5.74) is 0.765. The normalized spacial score (nSPS) is 18.2. The van der Waals surface area contributed by atoms with Crippen LogP contribution in [0.2, 0.25) is 0 Å². The van der Waals surface area contributed by atoms with Crippen LogP contribution in [-0.4, -0.2) is 53.0 Å². The molecule has 0 unspecified atom stereocenters. The van der Waals surface area contributed by atoms with Crippen molar-refractivity contribution in [2.75, 3.05) is 20.2 Å². The number of ether oxygens (including phenoxy) is 1. The molecule has 2 heterocycles. The summed E-state index contributed by atoms with van der Waals surface area (Å²) in [6.45, 7) is 0.999. The molecule has 1 aliphatic carbocycles. The van der Waals surface area contributed by atoms with E-state index in [2.05, 4.69) is 16.4 Å². The number of carbonyl (C=O) groups is 2. The average molecular weight is 450 g/mol. The van der Waals surface area contributed by atoms with E-state index >= 15 is 0 Å². The third-order valence-corrected chi connectivity index (χ3v) is 7.85. The van der Waals surface area contributed by atoms with E-state index in [1.807, 2.05) is 41.3 Å².